The average Bonchev–Trinajstić information content (AvgIpc) is 2.38. The van der Waals surface area contributed by atoms with Crippen molar-refractivity contribution in [3.63, 3.8) is 0 Å². The first-order chi connectivity index (χ1) is 9.34. The highest BCUT2D eigenvalue weighted by atomic mass is 35.5. The molecule has 2 rings (SSSR count). The summed E-state index contributed by atoms with van der Waals surface area (Å²) in [4.78, 5) is 9.93. The third-order valence-corrected chi connectivity index (χ3v) is 5.65. The van der Waals surface area contributed by atoms with Crippen LogP contribution >= 0.6 is 24.0 Å². The van der Waals surface area contributed by atoms with E-state index in [1.165, 1.54) is 10.4 Å². The number of hydrogen-bond acceptors (Lipinski definition) is 5. The van der Waals surface area contributed by atoms with Gasteiger partial charge in [0.2, 0.25) is 10.0 Å². The molecule has 1 heterocycles. The second-order valence-corrected chi connectivity index (χ2v) is 6.81. The molecular weight excluding hydrogens is 341 g/mol. The number of benzene rings is 1. The number of nitrogens with zero attached hydrogens (tertiary/aromatic N) is 2. The molecule has 10 heteroatoms. The van der Waals surface area contributed by atoms with E-state index in [1.54, 1.807) is 6.92 Å². The largest absolute Gasteiger partial charge is 0.314 e. The van der Waals surface area contributed by atoms with Gasteiger partial charge in [0, 0.05) is 37.8 Å². The number of sulfonamides is 1. The maximum absolute atomic E-state index is 12.5. The summed E-state index contributed by atoms with van der Waals surface area (Å²) in [6.07, 6.45) is 0. The van der Waals surface area contributed by atoms with Crippen molar-refractivity contribution < 1.29 is 13.3 Å². The molecule has 0 amide bonds. The van der Waals surface area contributed by atoms with Crippen LogP contribution in [-0.4, -0.2) is 43.3 Å². The maximum atomic E-state index is 12.5. The van der Waals surface area contributed by atoms with Gasteiger partial charge in [0.05, 0.1) is 9.95 Å². The number of halogens is 2. The minimum atomic E-state index is -3.75. The molecule has 1 aliphatic heterocycles. The minimum absolute atomic E-state index is 0. The fourth-order valence-electron chi connectivity index (χ4n) is 2.12. The number of non-ortho nitro benzene ring substituents is 1. The van der Waals surface area contributed by atoms with E-state index in [4.69, 9.17) is 11.6 Å². The molecule has 0 aromatic heterocycles. The van der Waals surface area contributed by atoms with Crippen LogP contribution in [0.5, 0.6) is 0 Å². The van der Waals surface area contributed by atoms with Gasteiger partial charge in [0.1, 0.15) is 4.90 Å². The molecule has 1 N–H and O–H groups in total. The summed E-state index contributed by atoms with van der Waals surface area (Å²) in [5, 5.41) is 13.6. The van der Waals surface area contributed by atoms with E-state index in [2.05, 4.69) is 5.32 Å². The van der Waals surface area contributed by atoms with E-state index >= 15 is 0 Å². The number of piperazine rings is 1. The molecule has 1 fully saturated rings. The summed E-state index contributed by atoms with van der Waals surface area (Å²) < 4.78 is 26.4. The van der Waals surface area contributed by atoms with Crippen LogP contribution in [0.15, 0.2) is 23.1 Å². The Labute approximate surface area is 133 Å². The molecule has 0 spiro atoms. The van der Waals surface area contributed by atoms with Crippen molar-refractivity contribution in [2.24, 2.45) is 0 Å². The summed E-state index contributed by atoms with van der Waals surface area (Å²) in [5.41, 5.74) is -0.234. The quantitative estimate of drug-likeness (QED) is 0.657. The molecule has 0 unspecified atom stereocenters. The highest BCUT2D eigenvalue weighted by molar-refractivity contribution is 7.89. The van der Waals surface area contributed by atoms with E-state index < -0.39 is 14.9 Å². The Morgan fingerprint density at radius 1 is 1.48 bits per heavy atom. The van der Waals surface area contributed by atoms with E-state index in [9.17, 15) is 18.5 Å². The lowest BCUT2D eigenvalue weighted by molar-refractivity contribution is -0.384. The molecule has 1 aromatic rings. The van der Waals surface area contributed by atoms with Gasteiger partial charge in [0.15, 0.2) is 0 Å². The van der Waals surface area contributed by atoms with Gasteiger partial charge >= 0.3 is 0 Å². The molecule has 21 heavy (non-hydrogen) atoms. The lowest BCUT2D eigenvalue weighted by Gasteiger charge is -2.33. The summed E-state index contributed by atoms with van der Waals surface area (Å²) in [7, 11) is -3.75. The highest BCUT2D eigenvalue weighted by Crippen LogP contribution is 2.29. The molecule has 0 radical (unpaired) electrons. The van der Waals surface area contributed by atoms with Gasteiger partial charge in [-0.25, -0.2) is 8.42 Å². The van der Waals surface area contributed by atoms with Crippen molar-refractivity contribution in [3.8, 4) is 0 Å². The van der Waals surface area contributed by atoms with Crippen molar-refractivity contribution in [1.82, 2.24) is 9.62 Å². The first kappa shape index (κ1) is 18.1. The Hall–Kier alpha value is -0.930. The summed E-state index contributed by atoms with van der Waals surface area (Å²) in [6, 6.07) is 3.19. The Kier molecular flexibility index (Phi) is 5.94. The van der Waals surface area contributed by atoms with Gasteiger partial charge in [-0.15, -0.1) is 12.4 Å². The third-order valence-electron chi connectivity index (χ3n) is 3.15. The normalized spacial score (nSPS) is 19.8. The van der Waals surface area contributed by atoms with Gasteiger partial charge in [-0.1, -0.05) is 11.6 Å². The Balaban J connectivity index is 0.00000220. The summed E-state index contributed by atoms with van der Waals surface area (Å²) in [6.45, 7) is 3.26. The van der Waals surface area contributed by atoms with Gasteiger partial charge in [-0.3, -0.25) is 10.1 Å². The first-order valence-corrected chi connectivity index (χ1v) is 7.82. The predicted octanol–water partition coefficient (Wildman–Crippen LogP) is 1.65. The maximum Gasteiger partial charge on any atom is 0.271 e. The van der Waals surface area contributed by atoms with Crippen LogP contribution in [0, 0.1) is 10.1 Å². The van der Waals surface area contributed by atoms with Gasteiger partial charge in [0.25, 0.3) is 5.69 Å². The smallest absolute Gasteiger partial charge is 0.271 e. The van der Waals surface area contributed by atoms with Crippen LogP contribution in [0.4, 0.5) is 5.69 Å². The number of rotatable bonds is 3. The van der Waals surface area contributed by atoms with Crippen molar-refractivity contribution in [2.75, 3.05) is 19.6 Å². The zero-order chi connectivity index (χ0) is 14.9. The minimum Gasteiger partial charge on any atom is -0.314 e. The monoisotopic (exact) mass is 355 g/mol. The number of nitrogens with one attached hydrogen (secondary N) is 1. The van der Waals surface area contributed by atoms with Gasteiger partial charge < -0.3 is 5.32 Å². The van der Waals surface area contributed by atoms with E-state index in [-0.39, 0.29) is 34.1 Å². The summed E-state index contributed by atoms with van der Waals surface area (Å²) >= 11 is 5.90. The predicted molar refractivity (Wildman–Crippen MR) is 81.6 cm³/mol. The zero-order valence-corrected chi connectivity index (χ0v) is 13.5. The molecule has 0 bridgehead atoms. The highest BCUT2D eigenvalue weighted by Gasteiger charge is 2.32. The van der Waals surface area contributed by atoms with Crippen molar-refractivity contribution in [1.29, 1.82) is 0 Å². The number of hydrogen-bond donors (Lipinski definition) is 1. The fourth-order valence-corrected chi connectivity index (χ4v) is 4.26. The van der Waals surface area contributed by atoms with Gasteiger partial charge in [-0.2, -0.15) is 4.31 Å². The standard InChI is InChI=1S/C11H14ClN3O4S.ClH/c1-8-7-13-4-5-14(8)20(18,19)11-3-2-9(15(16)17)6-10(11)12;/h2-3,6,8,13H,4-5,7H2,1H3;1H/t8-;/m1./s1. The zero-order valence-electron chi connectivity index (χ0n) is 11.2. The Morgan fingerprint density at radius 2 is 2.14 bits per heavy atom. The van der Waals surface area contributed by atoms with Crippen molar-refractivity contribution >= 4 is 39.7 Å². The second kappa shape index (κ2) is 6.89. The molecule has 0 saturated carbocycles. The molecule has 7 nitrogen and oxygen atoms in total. The topological polar surface area (TPSA) is 92.6 Å². The molecule has 1 aliphatic rings. The second-order valence-electron chi connectivity index (χ2n) is 4.54. The van der Waals surface area contributed by atoms with E-state index in [0.29, 0.717) is 19.6 Å². The van der Waals surface area contributed by atoms with Crippen LogP contribution < -0.4 is 5.32 Å². The van der Waals surface area contributed by atoms with Crippen LogP contribution in [-0.2, 0) is 10.0 Å². The molecule has 0 aliphatic carbocycles. The number of nitro groups is 1. The summed E-state index contributed by atoms with van der Waals surface area (Å²) in [5.74, 6) is 0. The molecular formula is C11H15Cl2N3O4S. The molecule has 1 atom stereocenters. The van der Waals surface area contributed by atoms with Crippen LogP contribution in [0.2, 0.25) is 5.02 Å². The van der Waals surface area contributed by atoms with Crippen LogP contribution in [0.25, 0.3) is 0 Å². The SMILES string of the molecule is C[C@@H]1CNCCN1S(=O)(=O)c1ccc([N+](=O)[O-])cc1Cl.Cl. The van der Waals surface area contributed by atoms with Crippen LogP contribution in [0.3, 0.4) is 0 Å². The third kappa shape index (κ3) is 3.64. The van der Waals surface area contributed by atoms with E-state index in [1.807, 2.05) is 0 Å². The number of nitro benzene ring substituents is 1. The molecule has 1 saturated heterocycles. The van der Waals surface area contributed by atoms with Crippen LogP contribution in [0.1, 0.15) is 6.92 Å². The first-order valence-electron chi connectivity index (χ1n) is 6.00. The average molecular weight is 356 g/mol. The Morgan fingerprint density at radius 3 is 2.67 bits per heavy atom. The fraction of sp³-hybridized carbons (Fsp3) is 0.455. The lowest BCUT2D eigenvalue weighted by atomic mass is 10.3. The Bertz CT molecular complexity index is 638. The van der Waals surface area contributed by atoms with E-state index in [0.717, 1.165) is 12.1 Å². The van der Waals surface area contributed by atoms with Crippen molar-refractivity contribution in [2.45, 2.75) is 17.9 Å². The van der Waals surface area contributed by atoms with Gasteiger partial charge in [-0.05, 0) is 13.0 Å². The molecule has 118 valence electrons. The van der Waals surface area contributed by atoms with Crippen molar-refractivity contribution in [3.05, 3.63) is 33.3 Å². The molecule has 1 aromatic carbocycles. The lowest BCUT2D eigenvalue weighted by Crippen LogP contribution is -2.52.